The van der Waals surface area contributed by atoms with E-state index in [0.717, 1.165) is 28.5 Å². The molecule has 0 bridgehead atoms. The van der Waals surface area contributed by atoms with Crippen LogP contribution in [0.15, 0.2) is 49.2 Å². The average Bonchev–Trinajstić information content (AvgIpc) is 2.39. The van der Waals surface area contributed by atoms with Crippen LogP contribution in [0.25, 0.3) is 0 Å². The second-order valence-electron chi connectivity index (χ2n) is 3.91. The van der Waals surface area contributed by atoms with Gasteiger partial charge in [0, 0.05) is 16.3 Å². The molecular formula is C15H18INO. The van der Waals surface area contributed by atoms with Gasteiger partial charge in [-0.2, -0.15) is 0 Å². The topological polar surface area (TPSA) is 20.3 Å². The molecule has 0 aromatic heterocycles. The van der Waals surface area contributed by atoms with Gasteiger partial charge in [-0.15, -0.1) is 0 Å². The fourth-order valence-corrected chi connectivity index (χ4v) is 2.14. The highest BCUT2D eigenvalue weighted by Crippen LogP contribution is 2.14. The molecule has 1 aromatic carbocycles. The van der Waals surface area contributed by atoms with E-state index in [1.807, 2.05) is 24.3 Å². The summed E-state index contributed by atoms with van der Waals surface area (Å²) in [6.45, 7) is 6.49. The number of amides is 1. The second kappa shape index (κ2) is 8.08. The van der Waals surface area contributed by atoms with Crippen molar-refractivity contribution in [3.8, 4) is 0 Å². The summed E-state index contributed by atoms with van der Waals surface area (Å²) in [7, 11) is 0. The van der Waals surface area contributed by atoms with Gasteiger partial charge < -0.3 is 4.90 Å². The molecule has 0 radical (unpaired) electrons. The molecule has 0 aliphatic rings. The van der Waals surface area contributed by atoms with Crippen LogP contribution in [0, 0.1) is 3.57 Å². The van der Waals surface area contributed by atoms with Crippen molar-refractivity contribution in [2.75, 3.05) is 6.54 Å². The summed E-state index contributed by atoms with van der Waals surface area (Å²) in [5, 5.41) is 0. The third-order valence-electron chi connectivity index (χ3n) is 2.52. The highest BCUT2D eigenvalue weighted by molar-refractivity contribution is 14.1. The molecule has 96 valence electrons. The number of hydrogen-bond donors (Lipinski definition) is 0. The van der Waals surface area contributed by atoms with Crippen LogP contribution >= 0.6 is 22.6 Å². The van der Waals surface area contributed by atoms with Crippen molar-refractivity contribution in [1.82, 2.24) is 4.90 Å². The van der Waals surface area contributed by atoms with Gasteiger partial charge in [-0.1, -0.05) is 38.1 Å². The van der Waals surface area contributed by atoms with Gasteiger partial charge in [-0.3, -0.25) is 4.79 Å². The number of carbonyl (C=O) groups excluding carboxylic acids is 1. The quantitative estimate of drug-likeness (QED) is 0.552. The first-order chi connectivity index (χ1) is 8.70. The van der Waals surface area contributed by atoms with Crippen molar-refractivity contribution in [1.29, 1.82) is 0 Å². The lowest BCUT2D eigenvalue weighted by Crippen LogP contribution is -2.27. The molecular weight excluding hydrogens is 337 g/mol. The van der Waals surface area contributed by atoms with Crippen molar-refractivity contribution in [3.05, 3.63) is 58.3 Å². The molecule has 3 heteroatoms. The van der Waals surface area contributed by atoms with Crippen LogP contribution < -0.4 is 0 Å². The fourth-order valence-electron chi connectivity index (χ4n) is 1.53. The lowest BCUT2D eigenvalue weighted by Gasteiger charge is -2.18. The van der Waals surface area contributed by atoms with E-state index in [9.17, 15) is 4.79 Å². The van der Waals surface area contributed by atoms with E-state index in [2.05, 4.69) is 36.1 Å². The average molecular weight is 355 g/mol. The van der Waals surface area contributed by atoms with E-state index >= 15 is 0 Å². The maximum atomic E-state index is 12.4. The molecule has 0 saturated heterocycles. The predicted molar refractivity (Wildman–Crippen MR) is 84.4 cm³/mol. The monoisotopic (exact) mass is 355 g/mol. The van der Waals surface area contributed by atoms with Crippen molar-refractivity contribution in [3.63, 3.8) is 0 Å². The number of benzene rings is 1. The van der Waals surface area contributed by atoms with Crippen molar-refractivity contribution < 1.29 is 4.79 Å². The van der Waals surface area contributed by atoms with Crippen molar-refractivity contribution in [2.24, 2.45) is 0 Å². The first-order valence-electron chi connectivity index (χ1n) is 6.05. The predicted octanol–water partition coefficient (Wildman–Crippen LogP) is 4.23. The third-order valence-corrected chi connectivity index (χ3v) is 3.46. The van der Waals surface area contributed by atoms with Gasteiger partial charge in [-0.05, 0) is 47.2 Å². The summed E-state index contributed by atoms with van der Waals surface area (Å²) < 4.78 is 0.980. The highest BCUT2D eigenvalue weighted by atomic mass is 127. The Labute approximate surface area is 123 Å². The Morgan fingerprint density at radius 2 is 2.17 bits per heavy atom. The van der Waals surface area contributed by atoms with Gasteiger partial charge in [-0.25, -0.2) is 0 Å². The van der Waals surface area contributed by atoms with Crippen LogP contribution in [-0.2, 0) is 0 Å². The molecule has 0 atom stereocenters. The maximum Gasteiger partial charge on any atom is 0.258 e. The van der Waals surface area contributed by atoms with E-state index in [-0.39, 0.29) is 5.91 Å². The Morgan fingerprint density at radius 3 is 2.78 bits per heavy atom. The Balaban J connectivity index is 2.91. The number of halogens is 1. The number of allylic oxidation sites excluding steroid dienone is 2. The first-order valence-corrected chi connectivity index (χ1v) is 7.13. The molecule has 0 unspecified atom stereocenters. The summed E-state index contributed by atoms with van der Waals surface area (Å²) >= 11 is 2.19. The molecule has 0 aliphatic heterocycles. The number of carbonyl (C=O) groups is 1. The van der Waals surface area contributed by atoms with Gasteiger partial charge in [0.2, 0.25) is 0 Å². The van der Waals surface area contributed by atoms with Crippen LogP contribution in [0.4, 0.5) is 0 Å². The minimum Gasteiger partial charge on any atom is -0.315 e. The van der Waals surface area contributed by atoms with E-state index in [1.165, 1.54) is 0 Å². The zero-order valence-electron chi connectivity index (χ0n) is 10.6. The highest BCUT2D eigenvalue weighted by Gasteiger charge is 2.14. The van der Waals surface area contributed by atoms with E-state index in [0.29, 0.717) is 0 Å². The SMILES string of the molecule is C=C/C=C\N(CCCC)C(=O)c1ccccc1I. The lowest BCUT2D eigenvalue weighted by atomic mass is 10.2. The standard InChI is InChI=1S/C15H18INO/c1-3-5-11-17(12-6-4-2)15(18)13-9-7-8-10-14(13)16/h3,5,7-11H,1,4,6,12H2,2H3/b11-5-. The third kappa shape index (κ3) is 4.29. The van der Waals surface area contributed by atoms with Crippen molar-refractivity contribution in [2.45, 2.75) is 19.8 Å². The molecule has 18 heavy (non-hydrogen) atoms. The molecule has 0 heterocycles. The molecule has 0 fully saturated rings. The van der Waals surface area contributed by atoms with Gasteiger partial charge in [0.15, 0.2) is 0 Å². The number of unbranched alkanes of at least 4 members (excludes halogenated alkanes) is 1. The molecule has 0 aliphatic carbocycles. The lowest BCUT2D eigenvalue weighted by molar-refractivity contribution is 0.0819. The molecule has 0 saturated carbocycles. The van der Waals surface area contributed by atoms with Crippen LogP contribution in [0.5, 0.6) is 0 Å². The normalized spacial score (nSPS) is 10.6. The van der Waals surface area contributed by atoms with Gasteiger partial charge in [0.25, 0.3) is 5.91 Å². The zero-order valence-corrected chi connectivity index (χ0v) is 12.8. The van der Waals surface area contributed by atoms with Crippen LogP contribution in [-0.4, -0.2) is 17.4 Å². The molecule has 1 aromatic rings. The Kier molecular flexibility index (Phi) is 6.72. The Hall–Kier alpha value is -1.10. The van der Waals surface area contributed by atoms with Gasteiger partial charge >= 0.3 is 0 Å². The Morgan fingerprint density at radius 1 is 1.44 bits per heavy atom. The largest absolute Gasteiger partial charge is 0.315 e. The number of hydrogen-bond acceptors (Lipinski definition) is 1. The summed E-state index contributed by atoms with van der Waals surface area (Å²) in [5.74, 6) is 0.0477. The van der Waals surface area contributed by atoms with Crippen molar-refractivity contribution >= 4 is 28.5 Å². The second-order valence-corrected chi connectivity index (χ2v) is 5.07. The van der Waals surface area contributed by atoms with Crippen LogP contribution in [0.1, 0.15) is 30.1 Å². The molecule has 1 amide bonds. The molecule has 2 nitrogen and oxygen atoms in total. The molecule has 1 rings (SSSR count). The van der Waals surface area contributed by atoms with E-state index in [1.54, 1.807) is 23.3 Å². The molecule has 0 N–H and O–H groups in total. The first kappa shape index (κ1) is 15.0. The van der Waals surface area contributed by atoms with E-state index in [4.69, 9.17) is 0 Å². The van der Waals surface area contributed by atoms with Gasteiger partial charge in [0.05, 0.1) is 5.56 Å². The smallest absolute Gasteiger partial charge is 0.258 e. The Bertz CT molecular complexity index is 440. The number of rotatable bonds is 6. The number of nitrogens with zero attached hydrogens (tertiary/aromatic N) is 1. The minimum atomic E-state index is 0.0477. The molecule has 0 spiro atoms. The summed E-state index contributed by atoms with van der Waals surface area (Å²) in [4.78, 5) is 14.2. The summed E-state index contributed by atoms with van der Waals surface area (Å²) in [6.07, 6.45) is 7.34. The minimum absolute atomic E-state index is 0.0477. The zero-order chi connectivity index (χ0) is 13.4. The fraction of sp³-hybridized carbons (Fsp3) is 0.267. The van der Waals surface area contributed by atoms with Crippen LogP contribution in [0.3, 0.4) is 0 Å². The van der Waals surface area contributed by atoms with Crippen LogP contribution in [0.2, 0.25) is 0 Å². The van der Waals surface area contributed by atoms with E-state index < -0.39 is 0 Å². The summed E-state index contributed by atoms with van der Waals surface area (Å²) in [6, 6.07) is 7.65. The van der Waals surface area contributed by atoms with Gasteiger partial charge in [0.1, 0.15) is 0 Å². The maximum absolute atomic E-state index is 12.4. The summed E-state index contributed by atoms with van der Waals surface area (Å²) in [5.41, 5.74) is 0.753.